The lowest BCUT2D eigenvalue weighted by Gasteiger charge is -2.16. The topological polar surface area (TPSA) is 75.4 Å². The van der Waals surface area contributed by atoms with Crippen LogP contribution in [0.4, 0.5) is 5.69 Å². The van der Waals surface area contributed by atoms with E-state index in [1.807, 2.05) is 31.2 Å². The minimum Gasteiger partial charge on any atom is -0.399 e. The Morgan fingerprint density at radius 3 is 2.50 bits per heavy atom. The Hall–Kier alpha value is -2.04. The number of nitrogens with one attached hydrogen (secondary N) is 1. The fourth-order valence-electron chi connectivity index (χ4n) is 1.75. The number of nitrogen functional groups attached to an aromatic ring is 1. The summed E-state index contributed by atoms with van der Waals surface area (Å²) >= 11 is 0. The van der Waals surface area contributed by atoms with E-state index < -0.39 is 0 Å². The van der Waals surface area contributed by atoms with Crippen LogP contribution in [0, 0.1) is 0 Å². The van der Waals surface area contributed by atoms with Gasteiger partial charge in [0.05, 0.1) is 6.54 Å². The summed E-state index contributed by atoms with van der Waals surface area (Å²) in [7, 11) is 1.65. The second-order valence-electron chi connectivity index (χ2n) is 4.84. The van der Waals surface area contributed by atoms with Crippen molar-refractivity contribution < 1.29 is 9.59 Å². The molecule has 0 heterocycles. The van der Waals surface area contributed by atoms with Gasteiger partial charge in [0.15, 0.2) is 0 Å². The largest absolute Gasteiger partial charge is 0.399 e. The number of rotatable bonds is 7. The van der Waals surface area contributed by atoms with Crippen LogP contribution in [0.25, 0.3) is 0 Å². The molecular formula is C15H23N3O2. The Labute approximate surface area is 120 Å². The van der Waals surface area contributed by atoms with Crippen molar-refractivity contribution in [3.8, 4) is 0 Å². The third-order valence-electron chi connectivity index (χ3n) is 2.99. The summed E-state index contributed by atoms with van der Waals surface area (Å²) < 4.78 is 0. The van der Waals surface area contributed by atoms with Crippen molar-refractivity contribution in [3.63, 3.8) is 0 Å². The smallest absolute Gasteiger partial charge is 0.239 e. The van der Waals surface area contributed by atoms with Crippen LogP contribution in [0.1, 0.15) is 25.3 Å². The number of aryl methyl sites for hydroxylation is 1. The van der Waals surface area contributed by atoms with Gasteiger partial charge in [0, 0.05) is 25.7 Å². The maximum Gasteiger partial charge on any atom is 0.239 e. The third kappa shape index (κ3) is 5.73. The summed E-state index contributed by atoms with van der Waals surface area (Å²) in [6.45, 7) is 2.74. The molecule has 0 spiro atoms. The lowest BCUT2D eigenvalue weighted by molar-refractivity contribution is -0.134. The molecule has 0 atom stereocenters. The van der Waals surface area contributed by atoms with Crippen LogP contribution in [0.5, 0.6) is 0 Å². The third-order valence-corrected chi connectivity index (χ3v) is 2.99. The van der Waals surface area contributed by atoms with Crippen LogP contribution >= 0.6 is 0 Å². The predicted molar refractivity (Wildman–Crippen MR) is 80.1 cm³/mol. The average molecular weight is 277 g/mol. The molecule has 0 saturated carbocycles. The Bertz CT molecular complexity index is 443. The zero-order valence-corrected chi connectivity index (χ0v) is 12.2. The second kappa shape index (κ2) is 8.19. The molecule has 110 valence electrons. The number of carbonyl (C=O) groups excluding carboxylic acids is 2. The van der Waals surface area contributed by atoms with Crippen LogP contribution < -0.4 is 11.1 Å². The average Bonchev–Trinajstić information content (AvgIpc) is 2.44. The van der Waals surface area contributed by atoms with Gasteiger partial charge in [-0.05, 0) is 30.5 Å². The van der Waals surface area contributed by atoms with Gasteiger partial charge in [-0.1, -0.05) is 19.1 Å². The van der Waals surface area contributed by atoms with E-state index in [2.05, 4.69) is 5.32 Å². The van der Waals surface area contributed by atoms with E-state index in [0.29, 0.717) is 25.1 Å². The van der Waals surface area contributed by atoms with Crippen molar-refractivity contribution >= 4 is 17.5 Å². The SMILES string of the molecule is CCCNC(=O)CN(C)C(=O)CCc1ccc(N)cc1. The maximum atomic E-state index is 11.9. The number of carbonyl (C=O) groups is 2. The minimum atomic E-state index is -0.116. The van der Waals surface area contributed by atoms with Gasteiger partial charge in [-0.3, -0.25) is 9.59 Å². The monoisotopic (exact) mass is 277 g/mol. The van der Waals surface area contributed by atoms with Crippen molar-refractivity contribution in [2.75, 3.05) is 25.9 Å². The zero-order chi connectivity index (χ0) is 15.0. The van der Waals surface area contributed by atoms with E-state index in [-0.39, 0.29) is 18.4 Å². The predicted octanol–water partition coefficient (Wildman–Crippen LogP) is 1.19. The molecule has 0 aliphatic rings. The summed E-state index contributed by atoms with van der Waals surface area (Å²) in [5.41, 5.74) is 7.38. The maximum absolute atomic E-state index is 11.9. The Balaban J connectivity index is 2.34. The molecule has 0 radical (unpaired) electrons. The van der Waals surface area contributed by atoms with E-state index >= 15 is 0 Å². The second-order valence-corrected chi connectivity index (χ2v) is 4.84. The standard InChI is InChI=1S/C15H23N3O2/c1-3-10-17-14(19)11-18(2)15(20)9-6-12-4-7-13(16)8-5-12/h4-5,7-8H,3,6,9-11,16H2,1-2H3,(H,17,19). The van der Waals surface area contributed by atoms with Gasteiger partial charge in [0.25, 0.3) is 0 Å². The minimum absolute atomic E-state index is 0.0338. The highest BCUT2D eigenvalue weighted by Gasteiger charge is 2.12. The number of hydrogen-bond donors (Lipinski definition) is 2. The number of hydrogen-bond acceptors (Lipinski definition) is 3. The molecular weight excluding hydrogens is 254 g/mol. The van der Waals surface area contributed by atoms with Crippen LogP contribution in [-0.4, -0.2) is 36.9 Å². The summed E-state index contributed by atoms with van der Waals surface area (Å²) in [5, 5.41) is 2.75. The molecule has 0 fully saturated rings. The number of anilines is 1. The van der Waals surface area contributed by atoms with E-state index in [0.717, 1.165) is 12.0 Å². The number of nitrogens with two attached hydrogens (primary N) is 1. The van der Waals surface area contributed by atoms with Gasteiger partial charge in [0.2, 0.25) is 11.8 Å². The lowest BCUT2D eigenvalue weighted by Crippen LogP contribution is -2.38. The number of nitrogens with zero attached hydrogens (tertiary/aromatic N) is 1. The first kappa shape index (κ1) is 16.0. The van der Waals surface area contributed by atoms with Crippen molar-refractivity contribution in [2.45, 2.75) is 26.2 Å². The van der Waals surface area contributed by atoms with Gasteiger partial charge in [-0.2, -0.15) is 0 Å². The summed E-state index contributed by atoms with van der Waals surface area (Å²) in [6, 6.07) is 7.47. The molecule has 0 aliphatic heterocycles. The molecule has 1 rings (SSSR count). The van der Waals surface area contributed by atoms with E-state index in [1.165, 1.54) is 4.90 Å². The van der Waals surface area contributed by atoms with Gasteiger partial charge in [-0.15, -0.1) is 0 Å². The fraction of sp³-hybridized carbons (Fsp3) is 0.467. The molecule has 0 aromatic heterocycles. The highest BCUT2D eigenvalue weighted by Crippen LogP contribution is 2.08. The first-order chi connectivity index (χ1) is 9.52. The van der Waals surface area contributed by atoms with E-state index in [4.69, 9.17) is 5.73 Å². The van der Waals surface area contributed by atoms with Gasteiger partial charge < -0.3 is 16.0 Å². The van der Waals surface area contributed by atoms with Crippen LogP contribution in [-0.2, 0) is 16.0 Å². The molecule has 0 bridgehead atoms. The zero-order valence-electron chi connectivity index (χ0n) is 12.2. The van der Waals surface area contributed by atoms with E-state index in [9.17, 15) is 9.59 Å². The van der Waals surface area contributed by atoms with Crippen LogP contribution in [0.15, 0.2) is 24.3 Å². The van der Waals surface area contributed by atoms with Crippen molar-refractivity contribution in [3.05, 3.63) is 29.8 Å². The Morgan fingerprint density at radius 1 is 1.25 bits per heavy atom. The molecule has 5 nitrogen and oxygen atoms in total. The highest BCUT2D eigenvalue weighted by atomic mass is 16.2. The van der Waals surface area contributed by atoms with Gasteiger partial charge in [-0.25, -0.2) is 0 Å². The molecule has 1 aromatic carbocycles. The first-order valence-corrected chi connectivity index (χ1v) is 6.88. The van der Waals surface area contributed by atoms with Crippen LogP contribution in [0.3, 0.4) is 0 Å². The van der Waals surface area contributed by atoms with Crippen molar-refractivity contribution in [1.29, 1.82) is 0 Å². The first-order valence-electron chi connectivity index (χ1n) is 6.88. The number of amides is 2. The molecule has 5 heteroatoms. The number of benzene rings is 1. The Morgan fingerprint density at radius 2 is 1.90 bits per heavy atom. The van der Waals surface area contributed by atoms with Crippen molar-refractivity contribution in [1.82, 2.24) is 10.2 Å². The normalized spacial score (nSPS) is 10.1. The lowest BCUT2D eigenvalue weighted by atomic mass is 10.1. The fourth-order valence-corrected chi connectivity index (χ4v) is 1.75. The molecule has 0 unspecified atom stereocenters. The Kier molecular flexibility index (Phi) is 6.56. The molecule has 1 aromatic rings. The molecule has 20 heavy (non-hydrogen) atoms. The molecule has 0 saturated heterocycles. The van der Waals surface area contributed by atoms with E-state index in [1.54, 1.807) is 7.05 Å². The highest BCUT2D eigenvalue weighted by molar-refractivity contribution is 5.84. The molecule has 0 aliphatic carbocycles. The van der Waals surface area contributed by atoms with Crippen molar-refractivity contribution in [2.24, 2.45) is 0 Å². The molecule has 3 N–H and O–H groups in total. The number of likely N-dealkylation sites (N-methyl/N-ethyl adjacent to an activating group) is 1. The summed E-state index contributed by atoms with van der Waals surface area (Å²) in [6.07, 6.45) is 1.93. The quantitative estimate of drug-likeness (QED) is 0.735. The summed E-state index contributed by atoms with van der Waals surface area (Å²) in [5.74, 6) is -0.149. The summed E-state index contributed by atoms with van der Waals surface area (Å²) in [4.78, 5) is 24.9. The van der Waals surface area contributed by atoms with Crippen LogP contribution in [0.2, 0.25) is 0 Å². The van der Waals surface area contributed by atoms with Gasteiger partial charge >= 0.3 is 0 Å². The molecule has 2 amide bonds. The van der Waals surface area contributed by atoms with Gasteiger partial charge in [0.1, 0.15) is 0 Å².